The van der Waals surface area contributed by atoms with E-state index in [2.05, 4.69) is 25.6 Å². The van der Waals surface area contributed by atoms with Gasteiger partial charge in [-0.2, -0.15) is 0 Å². The molecule has 2 saturated carbocycles. The number of nitrogens with zero attached hydrogens (tertiary/aromatic N) is 4. The van der Waals surface area contributed by atoms with Gasteiger partial charge in [-0.05, 0) is 60.4 Å². The lowest BCUT2D eigenvalue weighted by molar-refractivity contribution is -0.117. The molecule has 4 N–H and O–H groups in total. The van der Waals surface area contributed by atoms with Crippen LogP contribution in [-0.2, 0) is 11.3 Å². The Morgan fingerprint density at radius 3 is 2.69 bits per heavy atom. The van der Waals surface area contributed by atoms with Gasteiger partial charge in [-0.25, -0.2) is 15.0 Å². The van der Waals surface area contributed by atoms with Crippen LogP contribution in [0.2, 0.25) is 5.02 Å². The molecule has 6 rings (SSSR count). The van der Waals surface area contributed by atoms with Crippen molar-refractivity contribution in [3.8, 4) is 0 Å². The molecule has 0 radical (unpaired) electrons. The Hall–Kier alpha value is -3.98. The Balaban J connectivity index is 1.11. The fourth-order valence-electron chi connectivity index (χ4n) is 4.59. The first-order valence-corrected chi connectivity index (χ1v) is 12.3. The number of imidazole rings is 1. The van der Waals surface area contributed by atoms with Gasteiger partial charge in [0.1, 0.15) is 23.6 Å². The van der Waals surface area contributed by atoms with Crippen molar-refractivity contribution in [2.75, 3.05) is 10.6 Å². The average molecular weight is 502 g/mol. The first kappa shape index (κ1) is 22.5. The van der Waals surface area contributed by atoms with E-state index in [1.54, 1.807) is 6.07 Å². The van der Waals surface area contributed by atoms with Crippen LogP contribution in [-0.4, -0.2) is 31.2 Å². The Morgan fingerprint density at radius 1 is 1.08 bits per heavy atom. The summed E-state index contributed by atoms with van der Waals surface area (Å²) in [6, 6.07) is 11.2. The summed E-state index contributed by atoms with van der Waals surface area (Å²) in [4.78, 5) is 37.7. The van der Waals surface area contributed by atoms with Crippen LogP contribution in [0, 0.1) is 5.92 Å². The van der Waals surface area contributed by atoms with Gasteiger partial charge in [0, 0.05) is 29.4 Å². The number of rotatable bonds is 8. The van der Waals surface area contributed by atoms with Crippen LogP contribution in [0.1, 0.15) is 58.3 Å². The maximum absolute atomic E-state index is 12.7. The number of hydrogen-bond donors (Lipinski definition) is 3. The Bertz CT molecular complexity index is 1500. The molecule has 2 atom stereocenters. The molecule has 1 aromatic carbocycles. The predicted octanol–water partition coefficient (Wildman–Crippen LogP) is 4.11. The minimum Gasteiger partial charge on any atom is -0.365 e. The van der Waals surface area contributed by atoms with E-state index in [4.69, 9.17) is 17.3 Å². The third-order valence-electron chi connectivity index (χ3n) is 6.71. The van der Waals surface area contributed by atoms with Crippen molar-refractivity contribution in [2.24, 2.45) is 11.7 Å². The van der Waals surface area contributed by atoms with Crippen LogP contribution in [0.4, 0.5) is 11.6 Å². The Labute approximate surface area is 212 Å². The number of nitrogens with one attached hydrogen (secondary N) is 2. The van der Waals surface area contributed by atoms with Gasteiger partial charge >= 0.3 is 0 Å². The lowest BCUT2D eigenvalue weighted by Crippen LogP contribution is -2.16. The number of carbonyl (C=O) groups excluding carboxylic acids is 2. The maximum Gasteiger partial charge on any atom is 0.252 e. The van der Waals surface area contributed by atoms with E-state index >= 15 is 0 Å². The summed E-state index contributed by atoms with van der Waals surface area (Å²) in [5.41, 5.74) is 9.49. The van der Waals surface area contributed by atoms with Gasteiger partial charge in [0.15, 0.2) is 0 Å². The summed E-state index contributed by atoms with van der Waals surface area (Å²) >= 11 is 6.08. The molecular formula is C26H24ClN7O2. The van der Waals surface area contributed by atoms with Crippen LogP contribution >= 0.6 is 11.6 Å². The number of nitrogens with two attached hydrogens (primary N) is 1. The SMILES string of the molecule is NC(=O)c1cc(C2CC2)cn2cc(CNc3cc(NC(=O)[C@H]4C[C@@H]4c4cccc(Cl)c4)ncn3)nc12. The van der Waals surface area contributed by atoms with E-state index in [0.717, 1.165) is 36.1 Å². The fourth-order valence-corrected chi connectivity index (χ4v) is 4.79. The monoisotopic (exact) mass is 501 g/mol. The molecule has 3 aromatic heterocycles. The van der Waals surface area contributed by atoms with Crippen LogP contribution in [0.3, 0.4) is 0 Å². The molecule has 0 bridgehead atoms. The van der Waals surface area contributed by atoms with Gasteiger partial charge in [-0.1, -0.05) is 23.7 Å². The second kappa shape index (κ2) is 8.91. The smallest absolute Gasteiger partial charge is 0.252 e. The highest BCUT2D eigenvalue weighted by Crippen LogP contribution is 2.48. The van der Waals surface area contributed by atoms with Crippen LogP contribution in [0.15, 0.2) is 55.1 Å². The molecule has 9 nitrogen and oxygen atoms in total. The van der Waals surface area contributed by atoms with E-state index in [9.17, 15) is 9.59 Å². The molecule has 182 valence electrons. The molecule has 4 aromatic rings. The van der Waals surface area contributed by atoms with Crippen molar-refractivity contribution in [2.45, 2.75) is 37.6 Å². The molecule has 2 aliphatic carbocycles. The number of carbonyl (C=O) groups is 2. The minimum atomic E-state index is -0.489. The third-order valence-corrected chi connectivity index (χ3v) is 6.94. The third kappa shape index (κ3) is 4.61. The number of aromatic nitrogens is 4. The molecule has 10 heteroatoms. The number of amides is 2. The molecule has 2 amide bonds. The maximum atomic E-state index is 12.7. The lowest BCUT2D eigenvalue weighted by Gasteiger charge is -2.07. The number of benzene rings is 1. The van der Waals surface area contributed by atoms with Crippen molar-refractivity contribution in [1.82, 2.24) is 19.4 Å². The summed E-state index contributed by atoms with van der Waals surface area (Å²) in [6.07, 6.45) is 8.33. The van der Waals surface area contributed by atoms with Gasteiger partial charge in [0.25, 0.3) is 5.91 Å². The van der Waals surface area contributed by atoms with Crippen LogP contribution in [0.5, 0.6) is 0 Å². The van der Waals surface area contributed by atoms with Gasteiger partial charge in [0.2, 0.25) is 5.91 Å². The van der Waals surface area contributed by atoms with Crippen molar-refractivity contribution >= 4 is 40.7 Å². The molecule has 2 fully saturated rings. The van der Waals surface area contributed by atoms with Gasteiger partial charge < -0.3 is 20.8 Å². The van der Waals surface area contributed by atoms with E-state index in [0.29, 0.717) is 40.3 Å². The van der Waals surface area contributed by atoms with Gasteiger partial charge in [-0.3, -0.25) is 9.59 Å². The largest absolute Gasteiger partial charge is 0.365 e. The van der Waals surface area contributed by atoms with Crippen molar-refractivity contribution < 1.29 is 9.59 Å². The number of hydrogen-bond acceptors (Lipinski definition) is 6. The number of anilines is 2. The molecule has 2 aliphatic rings. The zero-order valence-corrected chi connectivity index (χ0v) is 20.1. The molecule has 0 aliphatic heterocycles. The number of pyridine rings is 1. The van der Waals surface area contributed by atoms with Crippen LogP contribution < -0.4 is 16.4 Å². The number of primary amides is 1. The summed E-state index contributed by atoms with van der Waals surface area (Å²) < 4.78 is 1.86. The topological polar surface area (TPSA) is 127 Å². The molecule has 36 heavy (non-hydrogen) atoms. The first-order valence-electron chi connectivity index (χ1n) is 11.9. The van der Waals surface area contributed by atoms with Crippen molar-refractivity contribution in [3.63, 3.8) is 0 Å². The highest BCUT2D eigenvalue weighted by Gasteiger charge is 2.44. The zero-order valence-electron chi connectivity index (χ0n) is 19.3. The quantitative estimate of drug-likeness (QED) is 0.333. The second-order valence-electron chi connectivity index (χ2n) is 9.42. The van der Waals surface area contributed by atoms with Gasteiger partial charge in [0.05, 0.1) is 17.8 Å². The molecule has 0 spiro atoms. The van der Waals surface area contributed by atoms with Crippen LogP contribution in [0.25, 0.3) is 5.65 Å². The second-order valence-corrected chi connectivity index (χ2v) is 9.86. The van der Waals surface area contributed by atoms with E-state index in [-0.39, 0.29) is 17.7 Å². The van der Waals surface area contributed by atoms with E-state index in [1.165, 1.54) is 6.33 Å². The van der Waals surface area contributed by atoms with Gasteiger partial charge in [-0.15, -0.1) is 0 Å². The Morgan fingerprint density at radius 2 is 1.92 bits per heavy atom. The summed E-state index contributed by atoms with van der Waals surface area (Å²) in [5.74, 6) is 0.967. The summed E-state index contributed by atoms with van der Waals surface area (Å²) in [6.45, 7) is 0.377. The van der Waals surface area contributed by atoms with E-state index in [1.807, 2.05) is 47.1 Å². The Kier molecular flexibility index (Phi) is 5.56. The average Bonchev–Trinajstić information content (AvgIpc) is 3.78. The standard InChI is InChI=1S/C26H24ClN7O2/c27-17-3-1-2-15(6-17)19-8-20(19)26(36)33-23-9-22(30-13-31-23)29-10-18-12-34-11-16(14-4-5-14)7-21(24(28)35)25(34)32-18/h1-3,6-7,9,11-14,19-20H,4-5,8,10H2,(H2,28,35)(H2,29,30,31,33,36)/t19-,20+/m1/s1. The van der Waals surface area contributed by atoms with Crippen molar-refractivity contribution in [1.29, 1.82) is 0 Å². The molecular weight excluding hydrogens is 478 g/mol. The normalized spacial score (nSPS) is 18.7. The van der Waals surface area contributed by atoms with Crippen molar-refractivity contribution in [3.05, 3.63) is 82.5 Å². The fraction of sp³-hybridized carbons (Fsp3) is 0.269. The number of fused-ring (bicyclic) bond motifs is 1. The minimum absolute atomic E-state index is 0.0737. The highest BCUT2D eigenvalue weighted by atomic mass is 35.5. The van der Waals surface area contributed by atoms with E-state index < -0.39 is 5.91 Å². The summed E-state index contributed by atoms with van der Waals surface area (Å²) in [5, 5.41) is 6.77. The predicted molar refractivity (Wildman–Crippen MR) is 136 cm³/mol. The highest BCUT2D eigenvalue weighted by molar-refractivity contribution is 6.30. The lowest BCUT2D eigenvalue weighted by atomic mass is 10.1. The molecule has 3 heterocycles. The molecule has 0 saturated heterocycles. The molecule has 0 unspecified atom stereocenters. The zero-order chi connectivity index (χ0) is 24.8. The first-order chi connectivity index (χ1) is 17.4. The number of halogens is 1. The summed E-state index contributed by atoms with van der Waals surface area (Å²) in [7, 11) is 0.